The monoisotopic (exact) mass is 272 g/mol. The molecule has 0 unspecified atom stereocenters. The maximum Gasteiger partial charge on any atom is 0.0966 e. The van der Waals surface area contributed by atoms with Crippen molar-refractivity contribution in [1.82, 2.24) is 4.98 Å². The van der Waals surface area contributed by atoms with Crippen LogP contribution in [0.5, 0.6) is 0 Å². The molecule has 21 heavy (non-hydrogen) atoms. The highest BCUT2D eigenvalue weighted by molar-refractivity contribution is 6.42. The van der Waals surface area contributed by atoms with Gasteiger partial charge in [0.1, 0.15) is 0 Å². The molecular formula is C17H18B2N2. The van der Waals surface area contributed by atoms with Crippen molar-refractivity contribution < 1.29 is 0 Å². The van der Waals surface area contributed by atoms with Gasteiger partial charge in [0.25, 0.3) is 0 Å². The molecule has 1 aromatic heterocycles. The molecule has 102 valence electrons. The Morgan fingerprint density at radius 2 is 1.86 bits per heavy atom. The van der Waals surface area contributed by atoms with Crippen molar-refractivity contribution in [3.05, 3.63) is 47.2 Å². The summed E-state index contributed by atoms with van der Waals surface area (Å²) in [5, 5.41) is -1.05. The fraction of sp³-hybridized carbons (Fsp3) is 0.353. The summed E-state index contributed by atoms with van der Waals surface area (Å²) in [6.45, 7) is 6.34. The molecule has 0 amide bonds. The Morgan fingerprint density at radius 1 is 1.14 bits per heavy atom. The van der Waals surface area contributed by atoms with Gasteiger partial charge in [0, 0.05) is 24.0 Å². The van der Waals surface area contributed by atoms with E-state index >= 15 is 0 Å². The Labute approximate surface area is 129 Å². The molecule has 2 nitrogen and oxygen atoms in total. The third-order valence-electron chi connectivity index (χ3n) is 4.30. The second-order valence-corrected chi connectivity index (χ2v) is 6.13. The SMILES string of the molecule is [B]C1([B])c2ccc(C)nc2-c2cccc(C(C)C)c2N1C. The van der Waals surface area contributed by atoms with Crippen molar-refractivity contribution in [1.29, 1.82) is 0 Å². The Bertz CT molecular complexity index is 708. The summed E-state index contributed by atoms with van der Waals surface area (Å²) in [6, 6.07) is 10.3. The number of anilines is 1. The van der Waals surface area contributed by atoms with Crippen molar-refractivity contribution in [2.24, 2.45) is 0 Å². The van der Waals surface area contributed by atoms with Gasteiger partial charge in [-0.15, -0.1) is 0 Å². The van der Waals surface area contributed by atoms with Crippen LogP contribution < -0.4 is 4.90 Å². The van der Waals surface area contributed by atoms with E-state index in [4.69, 9.17) is 20.7 Å². The Morgan fingerprint density at radius 3 is 2.52 bits per heavy atom. The molecule has 0 fully saturated rings. The lowest BCUT2D eigenvalue weighted by molar-refractivity contribution is 0.766. The summed E-state index contributed by atoms with van der Waals surface area (Å²) in [4.78, 5) is 6.67. The van der Waals surface area contributed by atoms with Gasteiger partial charge < -0.3 is 4.90 Å². The van der Waals surface area contributed by atoms with E-state index in [1.165, 1.54) is 5.56 Å². The highest BCUT2D eigenvalue weighted by Crippen LogP contribution is 2.46. The summed E-state index contributed by atoms with van der Waals surface area (Å²) < 4.78 is 0. The first kappa shape index (κ1) is 14.2. The largest absolute Gasteiger partial charge is 0.381 e. The topological polar surface area (TPSA) is 16.1 Å². The van der Waals surface area contributed by atoms with Crippen LogP contribution >= 0.6 is 0 Å². The molecule has 0 saturated carbocycles. The minimum atomic E-state index is -1.05. The second kappa shape index (κ2) is 4.66. The molecule has 0 aliphatic carbocycles. The van der Waals surface area contributed by atoms with Crippen molar-refractivity contribution in [3.8, 4) is 11.3 Å². The van der Waals surface area contributed by atoms with Gasteiger partial charge in [-0.2, -0.15) is 0 Å². The summed E-state index contributed by atoms with van der Waals surface area (Å²) >= 11 is 0. The van der Waals surface area contributed by atoms with E-state index in [2.05, 4.69) is 32.0 Å². The lowest BCUT2D eigenvalue weighted by Crippen LogP contribution is -2.48. The number of aromatic nitrogens is 1. The van der Waals surface area contributed by atoms with E-state index in [0.717, 1.165) is 28.2 Å². The van der Waals surface area contributed by atoms with E-state index in [-0.39, 0.29) is 0 Å². The lowest BCUT2D eigenvalue weighted by Gasteiger charge is -2.46. The number of aryl methyl sites for hydroxylation is 1. The number of para-hydroxylation sites is 1. The first-order chi connectivity index (χ1) is 9.84. The predicted octanol–water partition coefficient (Wildman–Crippen LogP) is 3.08. The van der Waals surface area contributed by atoms with E-state index in [0.29, 0.717) is 5.92 Å². The average Bonchev–Trinajstić information content (AvgIpc) is 2.44. The Hall–Kier alpha value is -1.70. The van der Waals surface area contributed by atoms with Crippen LogP contribution in [0, 0.1) is 6.92 Å². The van der Waals surface area contributed by atoms with Crippen LogP contribution in [0.3, 0.4) is 0 Å². The van der Waals surface area contributed by atoms with Crippen LogP contribution in [0.4, 0.5) is 5.69 Å². The van der Waals surface area contributed by atoms with E-state index < -0.39 is 5.34 Å². The van der Waals surface area contributed by atoms with Gasteiger partial charge in [0.2, 0.25) is 0 Å². The van der Waals surface area contributed by atoms with Crippen LogP contribution in [-0.2, 0) is 5.34 Å². The number of rotatable bonds is 1. The fourth-order valence-electron chi connectivity index (χ4n) is 3.04. The first-order valence-corrected chi connectivity index (χ1v) is 7.27. The number of nitrogens with zero attached hydrogens (tertiary/aromatic N) is 2. The third kappa shape index (κ3) is 2.00. The summed E-state index contributed by atoms with van der Waals surface area (Å²) in [5.41, 5.74) is 6.16. The van der Waals surface area contributed by atoms with Gasteiger partial charge in [0.15, 0.2) is 0 Å². The van der Waals surface area contributed by atoms with Gasteiger partial charge in [-0.25, -0.2) is 0 Å². The number of pyridine rings is 1. The highest BCUT2D eigenvalue weighted by Gasteiger charge is 2.36. The minimum absolute atomic E-state index is 0.393. The number of hydrogen-bond acceptors (Lipinski definition) is 2. The quantitative estimate of drug-likeness (QED) is 0.741. The van der Waals surface area contributed by atoms with Gasteiger partial charge >= 0.3 is 0 Å². The third-order valence-corrected chi connectivity index (χ3v) is 4.30. The molecule has 4 radical (unpaired) electrons. The molecule has 1 aliphatic heterocycles. The van der Waals surface area contributed by atoms with Crippen LogP contribution in [0.15, 0.2) is 30.3 Å². The van der Waals surface area contributed by atoms with Crippen molar-refractivity contribution in [3.63, 3.8) is 0 Å². The van der Waals surface area contributed by atoms with Gasteiger partial charge in [-0.3, -0.25) is 4.98 Å². The smallest absolute Gasteiger partial charge is 0.0966 e. The number of hydrogen-bond donors (Lipinski definition) is 0. The molecule has 0 spiro atoms. The molecule has 2 heterocycles. The molecule has 3 rings (SSSR count). The van der Waals surface area contributed by atoms with Gasteiger partial charge in [-0.1, -0.05) is 38.1 Å². The van der Waals surface area contributed by atoms with Crippen molar-refractivity contribution in [2.45, 2.75) is 32.0 Å². The standard InChI is InChI=1S/C17H18B2N2/c1-10(2)12-6-5-7-13-15-14(9-8-11(3)20-15)17(18,19)21(4)16(12)13/h5-10H,1-4H3. The average molecular weight is 272 g/mol. The van der Waals surface area contributed by atoms with E-state index in [1.54, 1.807) is 0 Å². The van der Waals surface area contributed by atoms with Gasteiger partial charge in [-0.05, 0) is 35.4 Å². The molecule has 2 aromatic rings. The normalized spacial score (nSPS) is 15.8. The molecule has 1 aromatic carbocycles. The summed E-state index contributed by atoms with van der Waals surface area (Å²) in [7, 11) is 14.8. The number of fused-ring (bicyclic) bond motifs is 3. The first-order valence-electron chi connectivity index (χ1n) is 7.27. The fourth-order valence-corrected chi connectivity index (χ4v) is 3.04. The molecular weight excluding hydrogens is 254 g/mol. The van der Waals surface area contributed by atoms with Crippen molar-refractivity contribution in [2.75, 3.05) is 11.9 Å². The molecule has 0 saturated heterocycles. The van der Waals surface area contributed by atoms with Crippen LogP contribution in [0.1, 0.15) is 36.6 Å². The zero-order valence-electron chi connectivity index (χ0n) is 13.0. The summed E-state index contributed by atoms with van der Waals surface area (Å²) in [5.74, 6) is 0.393. The van der Waals surface area contributed by atoms with Gasteiger partial charge in [0.05, 0.1) is 21.4 Å². The summed E-state index contributed by atoms with van der Waals surface area (Å²) in [6.07, 6.45) is 0. The zero-order valence-corrected chi connectivity index (χ0v) is 13.0. The van der Waals surface area contributed by atoms with Crippen LogP contribution in [-0.4, -0.2) is 27.7 Å². The van der Waals surface area contributed by atoms with E-state index in [9.17, 15) is 0 Å². The molecule has 0 bridgehead atoms. The minimum Gasteiger partial charge on any atom is -0.381 e. The molecule has 0 atom stereocenters. The molecule has 4 heteroatoms. The number of benzene rings is 1. The van der Waals surface area contributed by atoms with Crippen LogP contribution in [0.2, 0.25) is 0 Å². The molecule has 1 aliphatic rings. The Kier molecular flexibility index (Phi) is 3.16. The highest BCUT2D eigenvalue weighted by atomic mass is 15.2. The Balaban J connectivity index is 2.39. The van der Waals surface area contributed by atoms with Crippen LogP contribution in [0.25, 0.3) is 11.3 Å². The maximum atomic E-state index is 6.43. The van der Waals surface area contributed by atoms with E-state index in [1.807, 2.05) is 31.0 Å². The predicted molar refractivity (Wildman–Crippen MR) is 90.1 cm³/mol. The molecule has 0 N–H and O–H groups in total. The lowest BCUT2D eigenvalue weighted by atomic mass is 9.54. The maximum absolute atomic E-state index is 6.43. The second-order valence-electron chi connectivity index (χ2n) is 6.13. The zero-order chi connectivity index (χ0) is 15.4. The van der Waals surface area contributed by atoms with Crippen molar-refractivity contribution >= 4 is 21.4 Å².